The van der Waals surface area contributed by atoms with E-state index in [-0.39, 0.29) is 0 Å². The van der Waals surface area contributed by atoms with Crippen molar-refractivity contribution in [2.24, 2.45) is 0 Å². The molecule has 1 N–H and O–H groups in total. The van der Waals surface area contributed by atoms with Gasteiger partial charge in [0, 0.05) is 12.6 Å². The van der Waals surface area contributed by atoms with Gasteiger partial charge in [0.15, 0.2) is 0 Å². The molecule has 0 bridgehead atoms. The van der Waals surface area contributed by atoms with Gasteiger partial charge in [-0.3, -0.25) is 0 Å². The van der Waals surface area contributed by atoms with Gasteiger partial charge < -0.3 is 5.32 Å². The average molecular weight is 189 g/mol. The first-order valence-electron chi connectivity index (χ1n) is 5.21. The van der Waals surface area contributed by atoms with E-state index in [1.807, 2.05) is 6.08 Å². The number of nitrogens with one attached hydrogen (secondary N) is 1. The number of rotatable bonds is 6. The van der Waals surface area contributed by atoms with E-state index in [0.29, 0.717) is 6.04 Å². The number of hydrogen-bond acceptors (Lipinski definition) is 1. The lowest BCUT2D eigenvalue weighted by molar-refractivity contribution is 0.543. The van der Waals surface area contributed by atoms with Gasteiger partial charge in [-0.15, -0.1) is 6.58 Å². The van der Waals surface area contributed by atoms with Crippen molar-refractivity contribution in [1.82, 2.24) is 5.32 Å². The molecule has 0 radical (unpaired) electrons. The van der Waals surface area contributed by atoms with Crippen LogP contribution >= 0.6 is 0 Å². The first kappa shape index (κ1) is 11.0. The summed E-state index contributed by atoms with van der Waals surface area (Å²) in [5, 5.41) is 3.38. The standard InChI is InChI=1S/C13H19N/c1-3-11-14-12(2)9-10-13-7-5-4-6-8-13/h3-8,12,14H,1,9-11H2,2H3/t12-/m1/s1. The maximum atomic E-state index is 3.69. The fraction of sp³-hybridized carbons (Fsp3) is 0.385. The van der Waals surface area contributed by atoms with E-state index in [0.717, 1.165) is 13.0 Å². The van der Waals surface area contributed by atoms with Crippen molar-refractivity contribution in [3.63, 3.8) is 0 Å². The molecule has 0 heterocycles. The Labute approximate surface area is 86.8 Å². The first-order valence-corrected chi connectivity index (χ1v) is 5.21. The van der Waals surface area contributed by atoms with Crippen molar-refractivity contribution in [2.45, 2.75) is 25.8 Å². The molecule has 0 aromatic heterocycles. The van der Waals surface area contributed by atoms with Gasteiger partial charge in [0.2, 0.25) is 0 Å². The van der Waals surface area contributed by atoms with Gasteiger partial charge in [0.1, 0.15) is 0 Å². The van der Waals surface area contributed by atoms with E-state index >= 15 is 0 Å². The molecule has 1 aromatic rings. The van der Waals surface area contributed by atoms with E-state index in [2.05, 4.69) is 49.2 Å². The van der Waals surface area contributed by atoms with Gasteiger partial charge in [-0.1, -0.05) is 36.4 Å². The Bertz CT molecular complexity index is 253. The Morgan fingerprint density at radius 1 is 1.36 bits per heavy atom. The van der Waals surface area contributed by atoms with E-state index in [9.17, 15) is 0 Å². The second kappa shape index (κ2) is 6.39. The third-order valence-corrected chi connectivity index (χ3v) is 2.32. The van der Waals surface area contributed by atoms with Crippen LogP contribution in [0.3, 0.4) is 0 Å². The number of aryl methyl sites for hydroxylation is 1. The lowest BCUT2D eigenvalue weighted by Crippen LogP contribution is -2.26. The lowest BCUT2D eigenvalue weighted by atomic mass is 10.1. The number of hydrogen-bond donors (Lipinski definition) is 1. The largest absolute Gasteiger partial charge is 0.311 e. The van der Waals surface area contributed by atoms with Crippen molar-refractivity contribution in [2.75, 3.05) is 6.54 Å². The molecule has 14 heavy (non-hydrogen) atoms. The molecule has 0 aliphatic heterocycles. The van der Waals surface area contributed by atoms with Gasteiger partial charge in [-0.25, -0.2) is 0 Å². The highest BCUT2D eigenvalue weighted by Gasteiger charge is 1.99. The molecule has 1 aromatic carbocycles. The summed E-state index contributed by atoms with van der Waals surface area (Å²) in [4.78, 5) is 0. The quantitative estimate of drug-likeness (QED) is 0.678. The van der Waals surface area contributed by atoms with E-state index in [4.69, 9.17) is 0 Å². The lowest BCUT2D eigenvalue weighted by Gasteiger charge is -2.11. The third-order valence-electron chi connectivity index (χ3n) is 2.32. The molecule has 0 spiro atoms. The van der Waals surface area contributed by atoms with Crippen LogP contribution in [0.2, 0.25) is 0 Å². The fourth-order valence-corrected chi connectivity index (χ4v) is 1.41. The molecule has 0 aliphatic rings. The summed E-state index contributed by atoms with van der Waals surface area (Å²) in [6, 6.07) is 11.2. The fourth-order valence-electron chi connectivity index (χ4n) is 1.41. The third kappa shape index (κ3) is 4.24. The summed E-state index contributed by atoms with van der Waals surface area (Å²) in [5.41, 5.74) is 1.42. The normalized spacial score (nSPS) is 12.4. The molecule has 76 valence electrons. The van der Waals surface area contributed by atoms with Gasteiger partial charge in [-0.2, -0.15) is 0 Å². The van der Waals surface area contributed by atoms with Crippen molar-refractivity contribution < 1.29 is 0 Å². The minimum Gasteiger partial charge on any atom is -0.311 e. The van der Waals surface area contributed by atoms with Crippen LogP contribution in [-0.2, 0) is 6.42 Å². The van der Waals surface area contributed by atoms with Gasteiger partial charge >= 0.3 is 0 Å². The predicted molar refractivity (Wildman–Crippen MR) is 62.4 cm³/mol. The van der Waals surface area contributed by atoms with E-state index in [1.165, 1.54) is 12.0 Å². The summed E-state index contributed by atoms with van der Waals surface area (Å²) in [6.07, 6.45) is 4.23. The zero-order chi connectivity index (χ0) is 10.2. The molecule has 0 amide bonds. The Morgan fingerprint density at radius 3 is 2.71 bits per heavy atom. The van der Waals surface area contributed by atoms with Gasteiger partial charge in [0.05, 0.1) is 0 Å². The molecule has 0 saturated carbocycles. The zero-order valence-electron chi connectivity index (χ0n) is 8.87. The summed E-state index contributed by atoms with van der Waals surface area (Å²) < 4.78 is 0. The van der Waals surface area contributed by atoms with E-state index < -0.39 is 0 Å². The summed E-state index contributed by atoms with van der Waals surface area (Å²) in [6.45, 7) is 6.80. The van der Waals surface area contributed by atoms with Gasteiger partial charge in [-0.05, 0) is 25.3 Å². The molecular weight excluding hydrogens is 170 g/mol. The van der Waals surface area contributed by atoms with Crippen LogP contribution in [0.1, 0.15) is 18.9 Å². The highest BCUT2D eigenvalue weighted by Crippen LogP contribution is 2.04. The number of benzene rings is 1. The summed E-state index contributed by atoms with van der Waals surface area (Å²) in [7, 11) is 0. The molecule has 0 aliphatic carbocycles. The maximum Gasteiger partial charge on any atom is 0.0134 e. The Balaban J connectivity index is 2.23. The molecule has 1 nitrogen and oxygen atoms in total. The van der Waals surface area contributed by atoms with Gasteiger partial charge in [0.25, 0.3) is 0 Å². The Morgan fingerprint density at radius 2 is 2.07 bits per heavy atom. The van der Waals surface area contributed by atoms with Crippen LogP contribution in [0.4, 0.5) is 0 Å². The summed E-state index contributed by atoms with van der Waals surface area (Å²) in [5.74, 6) is 0. The summed E-state index contributed by atoms with van der Waals surface area (Å²) >= 11 is 0. The van der Waals surface area contributed by atoms with Crippen molar-refractivity contribution in [1.29, 1.82) is 0 Å². The van der Waals surface area contributed by atoms with Crippen LogP contribution in [0.5, 0.6) is 0 Å². The van der Waals surface area contributed by atoms with Crippen molar-refractivity contribution >= 4 is 0 Å². The minimum atomic E-state index is 0.563. The van der Waals surface area contributed by atoms with E-state index in [1.54, 1.807) is 0 Å². The topological polar surface area (TPSA) is 12.0 Å². The highest BCUT2D eigenvalue weighted by atomic mass is 14.9. The molecule has 0 unspecified atom stereocenters. The Kier molecular flexibility index (Phi) is 5.02. The van der Waals surface area contributed by atoms with Crippen LogP contribution in [0.25, 0.3) is 0 Å². The van der Waals surface area contributed by atoms with Crippen LogP contribution in [-0.4, -0.2) is 12.6 Å². The predicted octanol–water partition coefficient (Wildman–Crippen LogP) is 2.78. The molecule has 0 fully saturated rings. The second-order valence-corrected chi connectivity index (χ2v) is 3.62. The molecule has 0 saturated heterocycles. The maximum absolute atomic E-state index is 3.69. The van der Waals surface area contributed by atoms with Crippen molar-refractivity contribution in [3.05, 3.63) is 48.6 Å². The van der Waals surface area contributed by atoms with Crippen LogP contribution in [0.15, 0.2) is 43.0 Å². The molecule has 1 rings (SSSR count). The average Bonchev–Trinajstić information content (AvgIpc) is 2.25. The van der Waals surface area contributed by atoms with Crippen LogP contribution < -0.4 is 5.32 Å². The SMILES string of the molecule is C=CCN[C@H](C)CCc1ccccc1. The smallest absolute Gasteiger partial charge is 0.0134 e. The molecular formula is C13H19N. The monoisotopic (exact) mass is 189 g/mol. The molecule has 1 heteroatoms. The van der Waals surface area contributed by atoms with Crippen LogP contribution in [0, 0.1) is 0 Å². The minimum absolute atomic E-state index is 0.563. The first-order chi connectivity index (χ1) is 6.83. The second-order valence-electron chi connectivity index (χ2n) is 3.62. The molecule has 1 atom stereocenters. The Hall–Kier alpha value is -1.08. The zero-order valence-corrected chi connectivity index (χ0v) is 8.87. The van der Waals surface area contributed by atoms with Crippen molar-refractivity contribution in [3.8, 4) is 0 Å². The highest BCUT2D eigenvalue weighted by molar-refractivity contribution is 5.14.